The largest absolute Gasteiger partial charge is 0.271 e. The summed E-state index contributed by atoms with van der Waals surface area (Å²) in [7, 11) is 0. The molecule has 0 saturated carbocycles. The van der Waals surface area contributed by atoms with Crippen LogP contribution in [0.25, 0.3) is 0 Å². The molecule has 1 aromatic carbocycles. The number of aromatic nitrogens is 1. The van der Waals surface area contributed by atoms with Gasteiger partial charge >= 0.3 is 0 Å². The van der Waals surface area contributed by atoms with Crippen LogP contribution in [-0.4, -0.2) is 4.98 Å². The predicted molar refractivity (Wildman–Crippen MR) is 73.7 cm³/mol. The van der Waals surface area contributed by atoms with E-state index in [1.165, 1.54) is 6.07 Å². The monoisotopic (exact) mass is 295 g/mol. The first-order valence-electron chi connectivity index (χ1n) is 6.60. The van der Waals surface area contributed by atoms with Crippen molar-refractivity contribution >= 4 is 0 Å². The third-order valence-corrected chi connectivity index (χ3v) is 3.35. The van der Waals surface area contributed by atoms with Gasteiger partial charge in [-0.15, -0.1) is 0 Å². The molecule has 2 rings (SSSR count). The molecular formula is C15H16F3N3. The number of pyridine rings is 1. The molecule has 6 heteroatoms. The molecular weight excluding hydrogens is 279 g/mol. The normalized spacial score (nSPS) is 12.4. The molecule has 0 fully saturated rings. The number of rotatable bonds is 5. The lowest BCUT2D eigenvalue weighted by Gasteiger charge is -2.17. The highest BCUT2D eigenvalue weighted by molar-refractivity contribution is 5.25. The van der Waals surface area contributed by atoms with Crippen LogP contribution in [-0.2, 0) is 12.8 Å². The zero-order valence-corrected chi connectivity index (χ0v) is 11.5. The summed E-state index contributed by atoms with van der Waals surface area (Å²) in [4.78, 5) is 4.25. The van der Waals surface area contributed by atoms with E-state index in [1.807, 2.05) is 13.0 Å². The summed E-state index contributed by atoms with van der Waals surface area (Å²) in [5, 5.41) is 0. The SMILES string of the molecule is CCc1ccc(CC(NN)c2ccc(F)c(F)c2F)nc1. The second-order valence-electron chi connectivity index (χ2n) is 4.70. The van der Waals surface area contributed by atoms with Gasteiger partial charge < -0.3 is 0 Å². The fraction of sp³-hybridized carbons (Fsp3) is 0.267. The van der Waals surface area contributed by atoms with Gasteiger partial charge in [0.15, 0.2) is 17.5 Å². The smallest absolute Gasteiger partial charge is 0.194 e. The zero-order valence-electron chi connectivity index (χ0n) is 11.5. The Morgan fingerprint density at radius 1 is 1.14 bits per heavy atom. The van der Waals surface area contributed by atoms with Gasteiger partial charge in [0.05, 0.1) is 6.04 Å². The summed E-state index contributed by atoms with van der Waals surface area (Å²) in [6, 6.07) is 5.09. The van der Waals surface area contributed by atoms with Gasteiger partial charge in [-0.25, -0.2) is 13.2 Å². The number of benzene rings is 1. The average molecular weight is 295 g/mol. The molecule has 1 aromatic heterocycles. The first-order valence-corrected chi connectivity index (χ1v) is 6.60. The number of halogens is 3. The molecule has 0 amide bonds. The van der Waals surface area contributed by atoms with E-state index >= 15 is 0 Å². The first-order chi connectivity index (χ1) is 10.1. The number of nitrogens with one attached hydrogen (secondary N) is 1. The molecule has 0 aliphatic rings. The van der Waals surface area contributed by atoms with Crippen LogP contribution in [0.3, 0.4) is 0 Å². The van der Waals surface area contributed by atoms with Crippen LogP contribution in [0.15, 0.2) is 30.5 Å². The molecule has 3 N–H and O–H groups in total. The van der Waals surface area contributed by atoms with E-state index in [0.717, 1.165) is 18.1 Å². The summed E-state index contributed by atoms with van der Waals surface area (Å²) in [5.74, 6) is 1.45. The highest BCUT2D eigenvalue weighted by Gasteiger charge is 2.20. The minimum absolute atomic E-state index is 0.0298. The van der Waals surface area contributed by atoms with E-state index in [9.17, 15) is 13.2 Å². The van der Waals surface area contributed by atoms with Crippen LogP contribution >= 0.6 is 0 Å². The summed E-state index contributed by atoms with van der Waals surface area (Å²) >= 11 is 0. The van der Waals surface area contributed by atoms with Crippen molar-refractivity contribution in [2.24, 2.45) is 5.84 Å². The third kappa shape index (κ3) is 3.40. The van der Waals surface area contributed by atoms with Crippen molar-refractivity contribution in [3.05, 3.63) is 64.7 Å². The Kier molecular flexibility index (Phi) is 4.93. The van der Waals surface area contributed by atoms with Gasteiger partial charge in [-0.2, -0.15) is 0 Å². The lowest BCUT2D eigenvalue weighted by molar-refractivity contribution is 0.424. The molecule has 0 spiro atoms. The number of nitrogens with two attached hydrogens (primary N) is 1. The molecule has 0 bridgehead atoms. The van der Waals surface area contributed by atoms with Crippen molar-refractivity contribution < 1.29 is 13.2 Å². The molecule has 21 heavy (non-hydrogen) atoms. The van der Waals surface area contributed by atoms with Crippen LogP contribution in [0.2, 0.25) is 0 Å². The summed E-state index contributed by atoms with van der Waals surface area (Å²) in [5.41, 5.74) is 4.14. The molecule has 0 saturated heterocycles. The van der Waals surface area contributed by atoms with Gasteiger partial charge in [0.25, 0.3) is 0 Å². The topological polar surface area (TPSA) is 50.9 Å². The highest BCUT2D eigenvalue weighted by Crippen LogP contribution is 2.23. The van der Waals surface area contributed by atoms with Crippen molar-refractivity contribution in [1.82, 2.24) is 10.4 Å². The maximum atomic E-state index is 13.8. The van der Waals surface area contributed by atoms with Crippen molar-refractivity contribution in [2.75, 3.05) is 0 Å². The maximum absolute atomic E-state index is 13.8. The van der Waals surface area contributed by atoms with E-state index in [2.05, 4.69) is 10.4 Å². The Bertz CT molecular complexity index is 614. The number of aryl methyl sites for hydroxylation is 1. The van der Waals surface area contributed by atoms with E-state index in [4.69, 9.17) is 5.84 Å². The molecule has 0 radical (unpaired) electrons. The Hall–Kier alpha value is -1.92. The summed E-state index contributed by atoms with van der Waals surface area (Å²) in [6.45, 7) is 2.01. The van der Waals surface area contributed by atoms with E-state index in [1.54, 1.807) is 12.3 Å². The maximum Gasteiger partial charge on any atom is 0.194 e. The fourth-order valence-corrected chi connectivity index (χ4v) is 2.06. The second kappa shape index (κ2) is 6.69. The number of hydrazine groups is 1. The van der Waals surface area contributed by atoms with Crippen LogP contribution < -0.4 is 11.3 Å². The number of nitrogens with zero attached hydrogens (tertiary/aromatic N) is 1. The molecule has 0 aliphatic heterocycles. The van der Waals surface area contributed by atoms with Gasteiger partial charge in [-0.1, -0.05) is 19.1 Å². The molecule has 1 unspecified atom stereocenters. The number of hydrogen-bond donors (Lipinski definition) is 2. The Morgan fingerprint density at radius 3 is 2.48 bits per heavy atom. The van der Waals surface area contributed by atoms with Gasteiger partial charge in [0, 0.05) is 23.9 Å². The zero-order chi connectivity index (χ0) is 15.4. The lowest BCUT2D eigenvalue weighted by atomic mass is 10.0. The summed E-state index contributed by atoms with van der Waals surface area (Å²) < 4.78 is 40.0. The molecule has 1 heterocycles. The summed E-state index contributed by atoms with van der Waals surface area (Å²) in [6.07, 6.45) is 2.86. The van der Waals surface area contributed by atoms with Crippen LogP contribution in [0, 0.1) is 17.5 Å². The molecule has 112 valence electrons. The van der Waals surface area contributed by atoms with E-state index in [0.29, 0.717) is 5.69 Å². The predicted octanol–water partition coefficient (Wildman–Crippen LogP) is 2.81. The first kappa shape index (κ1) is 15.5. The van der Waals surface area contributed by atoms with Crippen molar-refractivity contribution in [3.63, 3.8) is 0 Å². The quantitative estimate of drug-likeness (QED) is 0.506. The standard InChI is InChI=1S/C15H16F3N3/c1-2-9-3-4-10(20-8-9)7-13(21-19)11-5-6-12(16)15(18)14(11)17/h3-6,8,13,21H,2,7,19H2,1H3. The van der Waals surface area contributed by atoms with Crippen molar-refractivity contribution in [1.29, 1.82) is 0 Å². The minimum Gasteiger partial charge on any atom is -0.271 e. The third-order valence-electron chi connectivity index (χ3n) is 3.35. The fourth-order valence-electron chi connectivity index (χ4n) is 2.06. The highest BCUT2D eigenvalue weighted by atomic mass is 19.2. The Labute approximate surface area is 121 Å². The molecule has 2 aromatic rings. The number of hydrogen-bond acceptors (Lipinski definition) is 3. The Balaban J connectivity index is 2.25. The Morgan fingerprint density at radius 2 is 1.90 bits per heavy atom. The van der Waals surface area contributed by atoms with E-state index < -0.39 is 23.5 Å². The van der Waals surface area contributed by atoms with Gasteiger partial charge in [-0.05, 0) is 24.1 Å². The minimum atomic E-state index is -1.50. The molecule has 1 atom stereocenters. The van der Waals surface area contributed by atoms with Crippen LogP contribution in [0.5, 0.6) is 0 Å². The molecule has 3 nitrogen and oxygen atoms in total. The van der Waals surface area contributed by atoms with Gasteiger partial charge in [-0.3, -0.25) is 16.3 Å². The second-order valence-corrected chi connectivity index (χ2v) is 4.70. The van der Waals surface area contributed by atoms with Gasteiger partial charge in [0.2, 0.25) is 0 Å². The van der Waals surface area contributed by atoms with Crippen molar-refractivity contribution in [2.45, 2.75) is 25.8 Å². The van der Waals surface area contributed by atoms with E-state index in [-0.39, 0.29) is 12.0 Å². The molecule has 0 aliphatic carbocycles. The van der Waals surface area contributed by atoms with Crippen molar-refractivity contribution in [3.8, 4) is 0 Å². The lowest BCUT2D eigenvalue weighted by Crippen LogP contribution is -2.30. The van der Waals surface area contributed by atoms with Gasteiger partial charge in [0.1, 0.15) is 0 Å². The van der Waals surface area contributed by atoms with Crippen LogP contribution in [0.1, 0.15) is 29.8 Å². The van der Waals surface area contributed by atoms with Crippen LogP contribution in [0.4, 0.5) is 13.2 Å². The average Bonchev–Trinajstić information content (AvgIpc) is 2.51.